The Balaban J connectivity index is 1.59. The van der Waals surface area contributed by atoms with Crippen molar-refractivity contribution in [2.24, 2.45) is 11.7 Å². The van der Waals surface area contributed by atoms with E-state index in [0.29, 0.717) is 23.5 Å². The molecular formula is C17H28N6O2. The molecule has 2 fully saturated rings. The molecule has 3 rings (SSSR count). The van der Waals surface area contributed by atoms with Crippen LogP contribution < -0.4 is 22.1 Å². The molecule has 2 unspecified atom stereocenters. The molecule has 1 aromatic rings. The fourth-order valence-electron chi connectivity index (χ4n) is 3.60. The number of nitrogens with zero attached hydrogens (tertiary/aromatic N) is 2. The molecule has 1 amide bonds. The smallest absolute Gasteiger partial charge is 0.224 e. The predicted molar refractivity (Wildman–Crippen MR) is 97.1 cm³/mol. The quantitative estimate of drug-likeness (QED) is 0.634. The first-order valence-corrected chi connectivity index (χ1v) is 9.07. The third kappa shape index (κ3) is 4.72. The van der Waals surface area contributed by atoms with Crippen molar-refractivity contribution in [2.45, 2.75) is 63.6 Å². The van der Waals surface area contributed by atoms with Gasteiger partial charge < -0.3 is 26.8 Å². The SMILES string of the molecule is CC1CC(Nc2ncc(N)c(NC3CCC(C(N)=O)CC3)n2)CCO1. The van der Waals surface area contributed by atoms with Gasteiger partial charge in [-0.2, -0.15) is 4.98 Å². The summed E-state index contributed by atoms with van der Waals surface area (Å²) in [6.07, 6.45) is 7.15. The molecule has 25 heavy (non-hydrogen) atoms. The van der Waals surface area contributed by atoms with Crippen molar-refractivity contribution in [1.82, 2.24) is 9.97 Å². The summed E-state index contributed by atoms with van der Waals surface area (Å²) in [5.74, 6) is 1.03. The molecule has 1 saturated heterocycles. The molecule has 1 aliphatic carbocycles. The van der Waals surface area contributed by atoms with Crippen LogP contribution in [0.3, 0.4) is 0 Å². The van der Waals surface area contributed by atoms with E-state index in [4.69, 9.17) is 16.2 Å². The van der Waals surface area contributed by atoms with Crippen molar-refractivity contribution in [3.05, 3.63) is 6.20 Å². The maximum Gasteiger partial charge on any atom is 0.224 e. The number of nitrogen functional groups attached to an aromatic ring is 1. The van der Waals surface area contributed by atoms with Crippen LogP contribution in [0, 0.1) is 5.92 Å². The molecule has 6 N–H and O–H groups in total. The Morgan fingerprint density at radius 1 is 1.20 bits per heavy atom. The van der Waals surface area contributed by atoms with Gasteiger partial charge in [0.05, 0.1) is 18.0 Å². The van der Waals surface area contributed by atoms with Crippen LogP contribution in [0.15, 0.2) is 6.20 Å². The standard InChI is InChI=1S/C17H28N6O2/c1-10-8-13(6-7-25-10)22-17-20-9-14(18)16(23-17)21-12-4-2-11(3-5-12)15(19)24/h9-13H,2-8,18H2,1H3,(H2,19,24)(H2,20,21,22,23). The van der Waals surface area contributed by atoms with Crippen molar-refractivity contribution in [1.29, 1.82) is 0 Å². The molecule has 2 aliphatic rings. The van der Waals surface area contributed by atoms with E-state index in [1.807, 2.05) is 0 Å². The fourth-order valence-corrected chi connectivity index (χ4v) is 3.60. The summed E-state index contributed by atoms with van der Waals surface area (Å²) in [5.41, 5.74) is 11.9. The molecule has 138 valence electrons. The normalized spacial score (nSPS) is 29.8. The number of ether oxygens (including phenoxy) is 1. The summed E-state index contributed by atoms with van der Waals surface area (Å²) < 4.78 is 5.57. The van der Waals surface area contributed by atoms with Gasteiger partial charge in [-0.1, -0.05) is 0 Å². The molecule has 1 saturated carbocycles. The lowest BCUT2D eigenvalue weighted by atomic mass is 9.85. The largest absolute Gasteiger partial charge is 0.394 e. The number of hydrogen-bond donors (Lipinski definition) is 4. The van der Waals surface area contributed by atoms with E-state index < -0.39 is 0 Å². The first kappa shape index (κ1) is 17.7. The van der Waals surface area contributed by atoms with Crippen molar-refractivity contribution in [3.63, 3.8) is 0 Å². The number of carbonyl (C=O) groups excluding carboxylic acids is 1. The number of primary amides is 1. The van der Waals surface area contributed by atoms with E-state index in [-0.39, 0.29) is 24.0 Å². The minimum atomic E-state index is -0.197. The van der Waals surface area contributed by atoms with Gasteiger partial charge in [-0.25, -0.2) is 4.98 Å². The topological polar surface area (TPSA) is 128 Å². The average molecular weight is 348 g/mol. The number of nitrogens with one attached hydrogen (secondary N) is 2. The molecule has 0 bridgehead atoms. The molecule has 8 heteroatoms. The third-order valence-corrected chi connectivity index (χ3v) is 5.11. The molecule has 1 aromatic heterocycles. The van der Waals surface area contributed by atoms with Crippen molar-refractivity contribution < 1.29 is 9.53 Å². The summed E-state index contributed by atoms with van der Waals surface area (Å²) in [6, 6.07) is 0.565. The maximum absolute atomic E-state index is 11.3. The molecular weight excluding hydrogens is 320 g/mol. The van der Waals surface area contributed by atoms with Crippen LogP contribution in [-0.4, -0.2) is 40.7 Å². The van der Waals surface area contributed by atoms with Crippen LogP contribution in [0.1, 0.15) is 45.4 Å². The van der Waals surface area contributed by atoms with Gasteiger partial charge in [0.1, 0.15) is 0 Å². The van der Waals surface area contributed by atoms with Crippen LogP contribution in [-0.2, 0) is 9.53 Å². The van der Waals surface area contributed by atoms with Gasteiger partial charge in [-0.15, -0.1) is 0 Å². The minimum absolute atomic E-state index is 0.00599. The number of carbonyl (C=O) groups is 1. The highest BCUT2D eigenvalue weighted by atomic mass is 16.5. The van der Waals surface area contributed by atoms with Crippen LogP contribution >= 0.6 is 0 Å². The predicted octanol–water partition coefficient (Wildman–Crippen LogP) is 1.49. The van der Waals surface area contributed by atoms with E-state index in [0.717, 1.165) is 45.1 Å². The summed E-state index contributed by atoms with van der Waals surface area (Å²) in [5, 5.41) is 6.78. The molecule has 0 radical (unpaired) electrons. The summed E-state index contributed by atoms with van der Waals surface area (Å²) in [7, 11) is 0. The van der Waals surface area contributed by atoms with Crippen LogP contribution in [0.5, 0.6) is 0 Å². The van der Waals surface area contributed by atoms with E-state index in [2.05, 4.69) is 27.5 Å². The zero-order valence-corrected chi connectivity index (χ0v) is 14.7. The molecule has 0 aromatic carbocycles. The Morgan fingerprint density at radius 3 is 2.64 bits per heavy atom. The van der Waals surface area contributed by atoms with Crippen LogP contribution in [0.4, 0.5) is 17.5 Å². The molecule has 2 heterocycles. The highest BCUT2D eigenvalue weighted by Crippen LogP contribution is 2.28. The van der Waals surface area contributed by atoms with Crippen molar-refractivity contribution in [3.8, 4) is 0 Å². The highest BCUT2D eigenvalue weighted by molar-refractivity contribution is 5.76. The highest BCUT2D eigenvalue weighted by Gasteiger charge is 2.25. The van der Waals surface area contributed by atoms with Gasteiger partial charge in [0.2, 0.25) is 11.9 Å². The molecule has 8 nitrogen and oxygen atoms in total. The fraction of sp³-hybridized carbons (Fsp3) is 0.706. The Labute approximate surface area is 148 Å². The van der Waals surface area contributed by atoms with E-state index in [9.17, 15) is 4.79 Å². The van der Waals surface area contributed by atoms with Gasteiger partial charge in [-0.05, 0) is 45.4 Å². The van der Waals surface area contributed by atoms with Gasteiger partial charge in [0.25, 0.3) is 0 Å². The second-order valence-electron chi connectivity index (χ2n) is 7.14. The molecule has 1 aliphatic heterocycles. The lowest BCUT2D eigenvalue weighted by Crippen LogP contribution is -2.34. The Bertz CT molecular complexity index is 603. The Kier molecular flexibility index (Phi) is 5.57. The monoisotopic (exact) mass is 348 g/mol. The maximum atomic E-state index is 11.3. The molecule has 2 atom stereocenters. The minimum Gasteiger partial charge on any atom is -0.394 e. The second-order valence-corrected chi connectivity index (χ2v) is 7.14. The van der Waals surface area contributed by atoms with Gasteiger partial charge in [0.15, 0.2) is 5.82 Å². The van der Waals surface area contributed by atoms with E-state index in [1.54, 1.807) is 6.20 Å². The van der Waals surface area contributed by atoms with Crippen molar-refractivity contribution >= 4 is 23.4 Å². The lowest BCUT2D eigenvalue weighted by molar-refractivity contribution is -0.122. The third-order valence-electron chi connectivity index (χ3n) is 5.11. The number of hydrogen-bond acceptors (Lipinski definition) is 7. The Hall–Kier alpha value is -2.09. The second kappa shape index (κ2) is 7.86. The van der Waals surface area contributed by atoms with Gasteiger partial charge in [-0.3, -0.25) is 4.79 Å². The number of anilines is 3. The lowest BCUT2D eigenvalue weighted by Gasteiger charge is -2.29. The van der Waals surface area contributed by atoms with Crippen LogP contribution in [0.2, 0.25) is 0 Å². The number of amides is 1. The van der Waals surface area contributed by atoms with Gasteiger partial charge in [0, 0.05) is 24.6 Å². The number of rotatable bonds is 5. The van der Waals surface area contributed by atoms with Gasteiger partial charge >= 0.3 is 0 Å². The summed E-state index contributed by atoms with van der Waals surface area (Å²) >= 11 is 0. The number of nitrogens with two attached hydrogens (primary N) is 2. The molecule has 0 spiro atoms. The van der Waals surface area contributed by atoms with Crippen molar-refractivity contribution in [2.75, 3.05) is 23.0 Å². The summed E-state index contributed by atoms with van der Waals surface area (Å²) in [6.45, 7) is 2.83. The first-order chi connectivity index (χ1) is 12.0. The summed E-state index contributed by atoms with van der Waals surface area (Å²) in [4.78, 5) is 20.1. The number of aromatic nitrogens is 2. The van der Waals surface area contributed by atoms with Crippen LogP contribution in [0.25, 0.3) is 0 Å². The Morgan fingerprint density at radius 2 is 1.96 bits per heavy atom. The zero-order valence-electron chi connectivity index (χ0n) is 14.7. The first-order valence-electron chi connectivity index (χ1n) is 9.07. The zero-order chi connectivity index (χ0) is 17.8. The van der Waals surface area contributed by atoms with E-state index >= 15 is 0 Å². The van der Waals surface area contributed by atoms with E-state index in [1.165, 1.54) is 0 Å². The average Bonchev–Trinajstić information content (AvgIpc) is 2.58.